The Kier molecular flexibility index (Phi) is 17.3. The third-order valence-corrected chi connectivity index (χ3v) is 13.8. The molecule has 0 bridgehead atoms. The maximum atomic E-state index is 16.2. The van der Waals surface area contributed by atoms with Crippen LogP contribution in [0.25, 0.3) is 11.3 Å². The van der Waals surface area contributed by atoms with Gasteiger partial charge in [0.1, 0.15) is 24.0 Å². The van der Waals surface area contributed by atoms with E-state index in [1.165, 1.54) is 73.0 Å². The van der Waals surface area contributed by atoms with Gasteiger partial charge in [-0.25, -0.2) is 18.2 Å². The van der Waals surface area contributed by atoms with Gasteiger partial charge in [-0.15, -0.1) is 11.3 Å². The predicted molar refractivity (Wildman–Crippen MR) is 260 cm³/mol. The van der Waals surface area contributed by atoms with Crippen LogP contribution in [0.15, 0.2) is 72.1 Å². The molecule has 0 unspecified atom stereocenters. The van der Waals surface area contributed by atoms with Crippen molar-refractivity contribution in [2.45, 2.75) is 44.9 Å². The minimum Gasteiger partial charge on any atom is -0.495 e. The van der Waals surface area contributed by atoms with Gasteiger partial charge >= 0.3 is 0 Å². The second-order valence-electron chi connectivity index (χ2n) is 18.1. The molecule has 5 aromatic rings. The van der Waals surface area contributed by atoms with Gasteiger partial charge < -0.3 is 39.2 Å². The first-order valence-electron chi connectivity index (χ1n) is 22.7. The van der Waals surface area contributed by atoms with Crippen LogP contribution >= 0.6 is 34.5 Å². The monoisotopic (exact) mass is 1030 g/mol. The number of benzene rings is 4. The molecule has 19 heteroatoms. The normalized spacial score (nSPS) is 19.2. The van der Waals surface area contributed by atoms with Crippen molar-refractivity contribution in [1.82, 2.24) is 10.3 Å². The average molecular weight is 1030 g/mol. The van der Waals surface area contributed by atoms with E-state index in [0.717, 1.165) is 17.3 Å². The standard InChI is InChI=1S/C51H53Cl2F4N5O7S/c1-50(2,3)27-31-25-35(43(34-6-5-7-37(53)44(34)56)51(31,29-58)36-11-9-32(52)26-39(36)55)48(64)60-40-13-8-30(24-42(40)65-4)47(63)59-14-17-66-20-21-68-22-23-69-46-33(10-12-38(54)45(46)57)41-28-70-49(61-41)62-15-18-67-19-16-62/h5-13,24,26,28,31,35,43H,14-23,25,27H2,1-4H3,(H,59,63)(H,60,64)/t31-,35+,43-,51+/m0/s1. The van der Waals surface area contributed by atoms with Crippen molar-refractivity contribution >= 4 is 57.2 Å². The lowest BCUT2D eigenvalue weighted by atomic mass is 9.62. The van der Waals surface area contributed by atoms with Gasteiger partial charge in [0.2, 0.25) is 11.7 Å². The third kappa shape index (κ3) is 11.8. The summed E-state index contributed by atoms with van der Waals surface area (Å²) in [5.41, 5.74) is -0.872. The third-order valence-electron chi connectivity index (χ3n) is 12.3. The van der Waals surface area contributed by atoms with E-state index in [1.54, 1.807) is 5.38 Å². The molecule has 1 saturated heterocycles. The molecule has 4 aromatic carbocycles. The first kappa shape index (κ1) is 52.3. The highest BCUT2D eigenvalue weighted by Crippen LogP contribution is 2.61. The number of carbonyl (C=O) groups excluding carboxylic acids is 2. The topological polar surface area (TPSA) is 144 Å². The molecule has 1 saturated carbocycles. The highest BCUT2D eigenvalue weighted by molar-refractivity contribution is 7.14. The Labute approximate surface area is 418 Å². The maximum absolute atomic E-state index is 16.2. The molecule has 2 N–H and O–H groups in total. The van der Waals surface area contributed by atoms with E-state index in [0.29, 0.717) is 44.0 Å². The van der Waals surface area contributed by atoms with Crippen molar-refractivity contribution in [2.24, 2.45) is 17.3 Å². The lowest BCUT2D eigenvalue weighted by molar-refractivity contribution is -0.120. The number of halogens is 6. The molecule has 7 rings (SSSR count). The Morgan fingerprint density at radius 3 is 2.40 bits per heavy atom. The lowest BCUT2D eigenvalue weighted by Gasteiger charge is -2.38. The van der Waals surface area contributed by atoms with Crippen LogP contribution < -0.4 is 25.0 Å². The van der Waals surface area contributed by atoms with Crippen molar-refractivity contribution in [3.05, 3.63) is 122 Å². The number of nitrogens with one attached hydrogen (secondary N) is 2. The number of anilines is 2. The number of rotatable bonds is 19. The van der Waals surface area contributed by atoms with Gasteiger partial charge in [0.25, 0.3) is 5.91 Å². The predicted octanol–water partition coefficient (Wildman–Crippen LogP) is 10.6. The first-order chi connectivity index (χ1) is 33.6. The highest BCUT2D eigenvalue weighted by Gasteiger charge is 2.61. The van der Waals surface area contributed by atoms with Gasteiger partial charge in [0.15, 0.2) is 16.7 Å². The number of nitrogens with zero attached hydrogens (tertiary/aromatic N) is 3. The average Bonchev–Trinajstić information content (AvgIpc) is 3.95. The molecule has 12 nitrogen and oxygen atoms in total. The Bertz CT molecular complexity index is 2710. The number of nitriles is 1. The number of aromatic nitrogens is 1. The summed E-state index contributed by atoms with van der Waals surface area (Å²) < 4.78 is 89.2. The molecule has 2 heterocycles. The summed E-state index contributed by atoms with van der Waals surface area (Å²) in [6, 6.07) is 17.7. The fraction of sp³-hybridized carbons (Fsp3) is 0.412. The molecule has 2 amide bonds. The van der Waals surface area contributed by atoms with Crippen LogP contribution in [-0.4, -0.2) is 89.8 Å². The minimum atomic E-state index is -1.72. The molecule has 2 aliphatic rings. The molecule has 1 aliphatic carbocycles. The number of ether oxygens (including phenoxy) is 5. The number of amides is 2. The molecular weight excluding hydrogens is 974 g/mol. The van der Waals surface area contributed by atoms with Crippen molar-refractivity contribution in [1.29, 1.82) is 5.26 Å². The summed E-state index contributed by atoms with van der Waals surface area (Å²) in [5, 5.41) is 19.3. The van der Waals surface area contributed by atoms with Gasteiger partial charge in [0, 0.05) is 58.6 Å². The number of hydrogen-bond acceptors (Lipinski definition) is 11. The second-order valence-corrected chi connectivity index (χ2v) is 19.8. The van der Waals surface area contributed by atoms with Crippen LogP contribution in [0.1, 0.15) is 61.0 Å². The van der Waals surface area contributed by atoms with E-state index in [4.69, 9.17) is 46.9 Å². The van der Waals surface area contributed by atoms with Gasteiger partial charge in [-0.3, -0.25) is 9.59 Å². The molecule has 4 atom stereocenters. The van der Waals surface area contributed by atoms with E-state index < -0.39 is 58.3 Å². The zero-order valence-electron chi connectivity index (χ0n) is 39.0. The zero-order valence-corrected chi connectivity index (χ0v) is 41.3. The van der Waals surface area contributed by atoms with E-state index in [2.05, 4.69) is 26.6 Å². The Hall–Kier alpha value is -5.48. The quantitative estimate of drug-likeness (QED) is 0.0606. The molecule has 1 aromatic heterocycles. The highest BCUT2D eigenvalue weighted by atomic mass is 35.5. The van der Waals surface area contributed by atoms with Crippen molar-refractivity contribution < 1.29 is 50.8 Å². The first-order valence-corrected chi connectivity index (χ1v) is 24.3. The molecule has 0 spiro atoms. The van der Waals surface area contributed by atoms with E-state index in [9.17, 15) is 23.6 Å². The van der Waals surface area contributed by atoms with Gasteiger partial charge in [-0.2, -0.15) is 9.65 Å². The van der Waals surface area contributed by atoms with Gasteiger partial charge in [-0.05, 0) is 78.3 Å². The molecule has 372 valence electrons. The summed E-state index contributed by atoms with van der Waals surface area (Å²) in [7, 11) is 1.37. The minimum absolute atomic E-state index is 0.000834. The Morgan fingerprint density at radius 2 is 1.69 bits per heavy atom. The molecule has 70 heavy (non-hydrogen) atoms. The van der Waals surface area contributed by atoms with Crippen LogP contribution in [0.4, 0.5) is 28.4 Å². The van der Waals surface area contributed by atoms with E-state index in [1.807, 2.05) is 20.8 Å². The molecular formula is C51H53Cl2F4N5O7S. The van der Waals surface area contributed by atoms with Gasteiger partial charge in [0.05, 0.1) is 74.6 Å². The lowest BCUT2D eigenvalue weighted by Crippen LogP contribution is -2.39. The van der Waals surface area contributed by atoms with Crippen LogP contribution in [0, 0.1) is 51.9 Å². The fourth-order valence-electron chi connectivity index (χ4n) is 9.29. The smallest absolute Gasteiger partial charge is 0.251 e. The van der Waals surface area contributed by atoms with Crippen LogP contribution in [0.5, 0.6) is 11.5 Å². The maximum Gasteiger partial charge on any atom is 0.251 e. The number of methoxy groups -OCH3 is 1. The molecule has 0 radical (unpaired) electrons. The van der Waals surface area contributed by atoms with E-state index >= 15 is 8.78 Å². The Morgan fingerprint density at radius 1 is 0.943 bits per heavy atom. The van der Waals surface area contributed by atoms with Gasteiger partial charge in [-0.1, -0.05) is 62.2 Å². The largest absolute Gasteiger partial charge is 0.495 e. The summed E-state index contributed by atoms with van der Waals surface area (Å²) >= 11 is 13.9. The Balaban J connectivity index is 0.928. The SMILES string of the molecule is COc1cc(C(=O)NCCOCCOCCOc2c(-c3csc(N4CCOCC4)n3)ccc(F)c2F)ccc1NC(=O)[C@@H]1C[C@@H](CC(C)(C)C)[C@](C#N)(c2ccc(Cl)cc2F)[C@H]1c1cccc(Cl)c1F. The van der Waals surface area contributed by atoms with Crippen molar-refractivity contribution in [3.63, 3.8) is 0 Å². The molecule has 2 fully saturated rings. The van der Waals surface area contributed by atoms with Crippen molar-refractivity contribution in [2.75, 3.05) is 83.2 Å². The van der Waals surface area contributed by atoms with Crippen molar-refractivity contribution in [3.8, 4) is 28.8 Å². The summed E-state index contributed by atoms with van der Waals surface area (Å²) in [4.78, 5) is 34.5. The summed E-state index contributed by atoms with van der Waals surface area (Å²) in [6.45, 7) is 9.10. The zero-order chi connectivity index (χ0) is 50.2. The fourth-order valence-corrected chi connectivity index (χ4v) is 10.5. The van der Waals surface area contributed by atoms with Crippen LogP contribution in [0.3, 0.4) is 0 Å². The van der Waals surface area contributed by atoms with Crippen LogP contribution in [0.2, 0.25) is 10.0 Å². The molecule has 1 aliphatic heterocycles. The number of morpholine rings is 1. The number of carbonyl (C=O) groups is 2. The number of hydrogen-bond donors (Lipinski definition) is 2. The second kappa shape index (κ2) is 23.2. The number of thiazole rings is 1. The van der Waals surface area contributed by atoms with Crippen LogP contribution in [-0.2, 0) is 24.4 Å². The summed E-state index contributed by atoms with van der Waals surface area (Å²) in [5.74, 6) is -7.69. The summed E-state index contributed by atoms with van der Waals surface area (Å²) in [6.07, 6.45) is 0.493. The van der Waals surface area contributed by atoms with E-state index in [-0.39, 0.29) is 95.3 Å².